The molecule has 1 aliphatic rings. The zero-order chi connectivity index (χ0) is 34.3. The summed E-state index contributed by atoms with van der Waals surface area (Å²) in [6.45, 7) is 4.75. The lowest BCUT2D eigenvalue weighted by molar-refractivity contribution is -0.158. The van der Waals surface area contributed by atoms with Gasteiger partial charge in [0.15, 0.2) is 0 Å². The number of esters is 1. The normalized spacial score (nSPS) is 13.3. The van der Waals surface area contributed by atoms with Crippen LogP contribution < -0.4 is 27.4 Å². The molecule has 47 heavy (non-hydrogen) atoms. The minimum absolute atomic E-state index is 0.0170. The summed E-state index contributed by atoms with van der Waals surface area (Å²) in [7, 11) is 0. The van der Waals surface area contributed by atoms with Crippen molar-refractivity contribution >= 4 is 41.4 Å². The summed E-state index contributed by atoms with van der Waals surface area (Å²) < 4.78 is 10.7. The molecule has 0 saturated heterocycles. The smallest absolute Gasteiger partial charge is 0.407 e. The molecule has 248 valence electrons. The quantitative estimate of drug-likeness (QED) is 0.156. The third-order valence-corrected chi connectivity index (χ3v) is 7.13. The number of rotatable bonds is 12. The van der Waals surface area contributed by atoms with E-state index in [0.29, 0.717) is 0 Å². The minimum atomic E-state index is -1.69. The molecular formula is C32H36N6O9. The van der Waals surface area contributed by atoms with Crippen LogP contribution in [0.15, 0.2) is 59.5 Å². The highest BCUT2D eigenvalue weighted by Gasteiger charge is 2.32. The molecule has 2 aromatic carbocycles. The fourth-order valence-electron chi connectivity index (χ4n) is 5.07. The maximum Gasteiger partial charge on any atom is 0.407 e. The van der Waals surface area contributed by atoms with Crippen LogP contribution in [0.5, 0.6) is 0 Å². The highest BCUT2D eigenvalue weighted by Crippen LogP contribution is 2.44. The average Bonchev–Trinajstić information content (AvgIpc) is 3.31. The molecule has 1 heterocycles. The molecule has 0 aliphatic heterocycles. The first-order chi connectivity index (χ1) is 22.2. The van der Waals surface area contributed by atoms with Crippen molar-refractivity contribution in [2.24, 2.45) is 0 Å². The topological polar surface area (TPSA) is 232 Å². The number of hydrogen-bond acceptors (Lipinski definition) is 10. The molecule has 3 aromatic rings. The third kappa shape index (κ3) is 9.15. The lowest BCUT2D eigenvalue weighted by atomic mass is 9.98. The van der Waals surface area contributed by atoms with Crippen molar-refractivity contribution < 1.29 is 38.6 Å². The molecule has 0 spiro atoms. The Labute approximate surface area is 269 Å². The fraction of sp³-hybridized carbons (Fsp3) is 0.344. The molecule has 4 rings (SSSR count). The molecule has 0 unspecified atom stereocenters. The monoisotopic (exact) mass is 648 g/mol. The van der Waals surface area contributed by atoms with E-state index >= 15 is 0 Å². The molecule has 0 radical (unpaired) electrons. The molecule has 1 aliphatic carbocycles. The van der Waals surface area contributed by atoms with Crippen molar-refractivity contribution in [1.29, 1.82) is 0 Å². The summed E-state index contributed by atoms with van der Waals surface area (Å²) in [5.74, 6) is -4.42. The SMILES string of the molecule is CC(C)(C)OC(=O)C[C@H](NC(=O)[C@H](CCC(=O)Nc1cnc(=O)[nH]c1N)NC(=O)OCC1c2ccccc2-c2ccccc21)C(=O)O. The third-order valence-electron chi connectivity index (χ3n) is 7.13. The van der Waals surface area contributed by atoms with Crippen LogP contribution in [0.4, 0.5) is 16.3 Å². The highest BCUT2D eigenvalue weighted by molar-refractivity contribution is 5.94. The second-order valence-corrected chi connectivity index (χ2v) is 11.8. The second-order valence-electron chi connectivity index (χ2n) is 11.8. The molecule has 0 fully saturated rings. The summed E-state index contributed by atoms with van der Waals surface area (Å²) in [5, 5.41) is 16.8. The first-order valence-corrected chi connectivity index (χ1v) is 14.7. The number of amides is 3. The van der Waals surface area contributed by atoms with Gasteiger partial charge in [-0.1, -0.05) is 48.5 Å². The molecule has 0 saturated carbocycles. The summed E-state index contributed by atoms with van der Waals surface area (Å²) in [4.78, 5) is 80.3. The minimum Gasteiger partial charge on any atom is -0.480 e. The number of anilines is 2. The van der Waals surface area contributed by atoms with Gasteiger partial charge in [0.05, 0.1) is 12.6 Å². The molecule has 1 aromatic heterocycles. The van der Waals surface area contributed by atoms with E-state index in [-0.39, 0.29) is 36.9 Å². The van der Waals surface area contributed by atoms with Crippen molar-refractivity contribution in [2.75, 3.05) is 17.7 Å². The Kier molecular flexibility index (Phi) is 10.6. The standard InChI is InChI=1S/C32H36N6O9/c1-32(2,3)47-26(40)14-23(29(42)43)36-28(41)22(12-13-25(39)35-24-15-34-30(44)38-27(24)33)37-31(45)46-16-21-19-10-6-4-8-17(19)18-9-5-7-11-20(18)21/h4-11,15,21-23H,12-14,16H2,1-3H3,(H,35,39)(H,36,41)(H,37,45)(H,42,43)(H3,33,34,38,44)/t22-,23-/m0/s1. The van der Waals surface area contributed by atoms with Gasteiger partial charge in [-0.25, -0.2) is 14.4 Å². The van der Waals surface area contributed by atoms with Crippen LogP contribution in [0.3, 0.4) is 0 Å². The number of hydrogen-bond donors (Lipinski definition) is 6. The summed E-state index contributed by atoms with van der Waals surface area (Å²) >= 11 is 0. The van der Waals surface area contributed by atoms with Gasteiger partial charge in [0.1, 0.15) is 35.8 Å². The predicted octanol–water partition coefficient (Wildman–Crippen LogP) is 2.28. The number of fused-ring (bicyclic) bond motifs is 3. The van der Waals surface area contributed by atoms with Crippen molar-refractivity contribution in [3.05, 3.63) is 76.3 Å². The maximum absolute atomic E-state index is 13.3. The first kappa shape index (κ1) is 34.1. The zero-order valence-corrected chi connectivity index (χ0v) is 26.0. The maximum atomic E-state index is 13.3. The number of H-pyrrole nitrogens is 1. The largest absolute Gasteiger partial charge is 0.480 e. The van der Waals surface area contributed by atoms with E-state index in [9.17, 15) is 33.9 Å². The van der Waals surface area contributed by atoms with Crippen molar-refractivity contribution in [3.8, 4) is 11.1 Å². The van der Waals surface area contributed by atoms with Gasteiger partial charge in [-0.3, -0.25) is 19.4 Å². The van der Waals surface area contributed by atoms with Crippen LogP contribution in [0.2, 0.25) is 0 Å². The number of aromatic amines is 1. The summed E-state index contributed by atoms with van der Waals surface area (Å²) in [6, 6.07) is 12.3. The van der Waals surface area contributed by atoms with E-state index in [1.54, 1.807) is 20.8 Å². The average molecular weight is 649 g/mol. The van der Waals surface area contributed by atoms with E-state index in [0.717, 1.165) is 28.5 Å². The van der Waals surface area contributed by atoms with Gasteiger partial charge in [-0.05, 0) is 49.4 Å². The summed E-state index contributed by atoms with van der Waals surface area (Å²) in [5.41, 5.74) is 8.08. The Balaban J connectivity index is 1.46. The van der Waals surface area contributed by atoms with E-state index in [2.05, 4.69) is 25.9 Å². The molecule has 15 heteroatoms. The number of benzene rings is 2. The van der Waals surface area contributed by atoms with Gasteiger partial charge in [-0.15, -0.1) is 0 Å². The Morgan fingerprint density at radius 3 is 2.17 bits per heavy atom. The number of aromatic nitrogens is 2. The Bertz CT molecular complexity index is 1690. The van der Waals surface area contributed by atoms with Crippen LogP contribution >= 0.6 is 0 Å². The van der Waals surface area contributed by atoms with Gasteiger partial charge < -0.3 is 36.3 Å². The number of ether oxygens (including phenoxy) is 2. The van der Waals surface area contributed by atoms with Crippen molar-refractivity contribution in [1.82, 2.24) is 20.6 Å². The Hall–Kier alpha value is -5.73. The van der Waals surface area contributed by atoms with Crippen molar-refractivity contribution in [3.63, 3.8) is 0 Å². The van der Waals surface area contributed by atoms with E-state index < -0.39 is 59.6 Å². The molecule has 2 atom stereocenters. The van der Waals surface area contributed by atoms with Crippen LogP contribution in [-0.2, 0) is 28.7 Å². The van der Waals surface area contributed by atoms with E-state index in [1.807, 2.05) is 48.5 Å². The van der Waals surface area contributed by atoms with Crippen LogP contribution in [0, 0.1) is 0 Å². The molecule has 15 nitrogen and oxygen atoms in total. The van der Waals surface area contributed by atoms with Crippen molar-refractivity contribution in [2.45, 2.75) is 63.6 Å². The molecule has 7 N–H and O–H groups in total. The van der Waals surface area contributed by atoms with Crippen LogP contribution in [0.1, 0.15) is 57.1 Å². The zero-order valence-electron chi connectivity index (χ0n) is 26.0. The van der Waals surface area contributed by atoms with Gasteiger partial charge in [0.25, 0.3) is 0 Å². The second kappa shape index (κ2) is 14.6. The van der Waals surface area contributed by atoms with Gasteiger partial charge in [-0.2, -0.15) is 4.98 Å². The lowest BCUT2D eigenvalue weighted by Gasteiger charge is -2.23. The number of carbonyl (C=O) groups excluding carboxylic acids is 4. The van der Waals surface area contributed by atoms with Crippen LogP contribution in [-0.4, -0.2) is 69.2 Å². The molecular weight excluding hydrogens is 612 g/mol. The van der Waals surface area contributed by atoms with E-state index in [4.69, 9.17) is 15.2 Å². The molecule has 0 bridgehead atoms. The number of nitrogens with zero attached hydrogens (tertiary/aromatic N) is 1. The summed E-state index contributed by atoms with van der Waals surface area (Å²) in [6.07, 6.45) is -1.28. The lowest BCUT2D eigenvalue weighted by Crippen LogP contribution is -2.52. The fourth-order valence-corrected chi connectivity index (χ4v) is 5.07. The number of aliphatic carboxylic acids is 1. The molecule has 3 amide bonds. The first-order valence-electron chi connectivity index (χ1n) is 14.7. The van der Waals surface area contributed by atoms with Gasteiger partial charge in [0, 0.05) is 12.3 Å². The number of alkyl carbamates (subject to hydrolysis) is 1. The van der Waals surface area contributed by atoms with Crippen LogP contribution in [0.25, 0.3) is 11.1 Å². The Morgan fingerprint density at radius 2 is 1.60 bits per heavy atom. The number of nitrogen functional groups attached to an aromatic ring is 1. The van der Waals surface area contributed by atoms with E-state index in [1.165, 1.54) is 0 Å². The highest BCUT2D eigenvalue weighted by atomic mass is 16.6. The predicted molar refractivity (Wildman–Crippen MR) is 169 cm³/mol. The number of carboxylic acids is 1. The number of nitrogens with two attached hydrogens (primary N) is 1. The number of nitrogens with one attached hydrogen (secondary N) is 4. The van der Waals surface area contributed by atoms with Gasteiger partial charge in [0.2, 0.25) is 11.8 Å². The number of carbonyl (C=O) groups is 5. The van der Waals surface area contributed by atoms with Gasteiger partial charge >= 0.3 is 23.7 Å². The number of carboxylic acid groups (broad SMARTS) is 1. The Morgan fingerprint density at radius 1 is 0.979 bits per heavy atom.